The van der Waals surface area contributed by atoms with Gasteiger partial charge in [-0.25, -0.2) is 4.79 Å². The fourth-order valence-corrected chi connectivity index (χ4v) is 3.76. The van der Waals surface area contributed by atoms with Gasteiger partial charge in [0.05, 0.1) is 12.6 Å². The molecule has 2 aromatic rings. The number of carboxylic acids is 1. The summed E-state index contributed by atoms with van der Waals surface area (Å²) in [5.74, 6) is -3.33. The van der Waals surface area contributed by atoms with E-state index in [0.717, 1.165) is 0 Å². The van der Waals surface area contributed by atoms with Gasteiger partial charge < -0.3 is 37.0 Å². The van der Waals surface area contributed by atoms with Crippen LogP contribution in [0.15, 0.2) is 54.6 Å². The molecule has 3 amide bonds. The van der Waals surface area contributed by atoms with Crippen LogP contribution < -0.4 is 21.7 Å². The van der Waals surface area contributed by atoms with Crippen molar-refractivity contribution in [1.82, 2.24) is 16.0 Å². The summed E-state index contributed by atoms with van der Waals surface area (Å²) >= 11 is 0. The highest BCUT2D eigenvalue weighted by Crippen LogP contribution is 2.12. The molecule has 0 saturated heterocycles. The van der Waals surface area contributed by atoms with Crippen LogP contribution in [-0.4, -0.2) is 69.8 Å². The third-order valence-corrected chi connectivity index (χ3v) is 5.78. The first kappa shape index (κ1) is 30.3. The zero-order chi connectivity index (χ0) is 28.2. The SMILES string of the molecule is CC(C)CC(N)C(=O)NC(Cc1ccc(O)cc1)C(=O)NC(CO)C(=O)NC(Cc1ccccc1)C(=O)O. The van der Waals surface area contributed by atoms with Gasteiger partial charge in [0, 0.05) is 12.8 Å². The average molecular weight is 529 g/mol. The Kier molecular flexibility index (Phi) is 11.7. The molecule has 4 atom stereocenters. The van der Waals surface area contributed by atoms with Gasteiger partial charge in [-0.1, -0.05) is 56.3 Å². The van der Waals surface area contributed by atoms with Crippen LogP contribution in [0, 0.1) is 5.92 Å². The van der Waals surface area contributed by atoms with E-state index in [0.29, 0.717) is 17.5 Å². The van der Waals surface area contributed by atoms with Crippen molar-refractivity contribution in [1.29, 1.82) is 0 Å². The number of amides is 3. The number of aromatic hydroxyl groups is 1. The maximum atomic E-state index is 13.2. The lowest BCUT2D eigenvalue weighted by Gasteiger charge is -2.25. The van der Waals surface area contributed by atoms with Crippen molar-refractivity contribution in [2.75, 3.05) is 6.61 Å². The zero-order valence-electron chi connectivity index (χ0n) is 21.5. The molecular weight excluding hydrogens is 492 g/mol. The number of benzene rings is 2. The quantitative estimate of drug-likeness (QED) is 0.179. The van der Waals surface area contributed by atoms with Crippen LogP contribution in [0.1, 0.15) is 31.4 Å². The number of rotatable bonds is 14. The maximum Gasteiger partial charge on any atom is 0.326 e. The Morgan fingerprint density at radius 2 is 1.26 bits per heavy atom. The van der Waals surface area contributed by atoms with Gasteiger partial charge in [0.25, 0.3) is 0 Å². The van der Waals surface area contributed by atoms with E-state index in [4.69, 9.17) is 5.73 Å². The van der Waals surface area contributed by atoms with E-state index in [2.05, 4.69) is 16.0 Å². The van der Waals surface area contributed by atoms with E-state index < -0.39 is 54.5 Å². The molecule has 206 valence electrons. The molecule has 0 aromatic heterocycles. The molecule has 0 fully saturated rings. The van der Waals surface area contributed by atoms with Crippen LogP contribution in [0.4, 0.5) is 0 Å². The maximum absolute atomic E-state index is 13.2. The summed E-state index contributed by atoms with van der Waals surface area (Å²) in [4.78, 5) is 50.4. The lowest BCUT2D eigenvalue weighted by molar-refractivity contribution is -0.142. The number of hydrogen-bond donors (Lipinski definition) is 7. The summed E-state index contributed by atoms with van der Waals surface area (Å²) in [5.41, 5.74) is 7.26. The van der Waals surface area contributed by atoms with Gasteiger partial charge in [-0.15, -0.1) is 0 Å². The summed E-state index contributed by atoms with van der Waals surface area (Å²) in [6.07, 6.45) is 0.401. The number of nitrogens with two attached hydrogens (primary N) is 1. The third kappa shape index (κ3) is 9.83. The monoisotopic (exact) mass is 528 g/mol. The van der Waals surface area contributed by atoms with E-state index in [1.54, 1.807) is 42.5 Å². The fraction of sp³-hybridized carbons (Fsp3) is 0.407. The van der Waals surface area contributed by atoms with Crippen molar-refractivity contribution in [3.63, 3.8) is 0 Å². The van der Waals surface area contributed by atoms with Gasteiger partial charge in [0.1, 0.15) is 23.9 Å². The molecule has 11 nitrogen and oxygen atoms in total. The Balaban J connectivity index is 2.15. The molecule has 2 rings (SSSR count). The second-order valence-corrected chi connectivity index (χ2v) is 9.50. The van der Waals surface area contributed by atoms with Crippen LogP contribution in [-0.2, 0) is 32.0 Å². The minimum Gasteiger partial charge on any atom is -0.508 e. The van der Waals surface area contributed by atoms with Crippen molar-refractivity contribution >= 4 is 23.7 Å². The number of aliphatic hydroxyl groups is 1. The van der Waals surface area contributed by atoms with Crippen LogP contribution >= 0.6 is 0 Å². The molecule has 4 unspecified atom stereocenters. The molecule has 2 aromatic carbocycles. The van der Waals surface area contributed by atoms with E-state index in [1.165, 1.54) is 12.1 Å². The third-order valence-electron chi connectivity index (χ3n) is 5.78. The van der Waals surface area contributed by atoms with Gasteiger partial charge in [0.15, 0.2) is 0 Å². The topological polar surface area (TPSA) is 191 Å². The van der Waals surface area contributed by atoms with Crippen LogP contribution in [0.5, 0.6) is 5.75 Å². The molecule has 0 aliphatic heterocycles. The second-order valence-electron chi connectivity index (χ2n) is 9.50. The van der Waals surface area contributed by atoms with Crippen LogP contribution in [0.3, 0.4) is 0 Å². The highest BCUT2D eigenvalue weighted by atomic mass is 16.4. The molecule has 38 heavy (non-hydrogen) atoms. The van der Waals surface area contributed by atoms with Gasteiger partial charge in [-0.2, -0.15) is 0 Å². The van der Waals surface area contributed by atoms with Gasteiger partial charge in [-0.05, 0) is 35.6 Å². The molecule has 8 N–H and O–H groups in total. The Hall–Kier alpha value is -3.96. The first-order valence-corrected chi connectivity index (χ1v) is 12.3. The molecule has 0 saturated carbocycles. The Morgan fingerprint density at radius 1 is 0.763 bits per heavy atom. The largest absolute Gasteiger partial charge is 0.508 e. The lowest BCUT2D eigenvalue weighted by atomic mass is 10.0. The molecule has 0 aliphatic rings. The van der Waals surface area contributed by atoms with Crippen molar-refractivity contribution < 1.29 is 34.5 Å². The first-order chi connectivity index (χ1) is 18.0. The molecular formula is C27H36N4O7. The van der Waals surface area contributed by atoms with Gasteiger partial charge in [0.2, 0.25) is 17.7 Å². The average Bonchev–Trinajstić information content (AvgIpc) is 2.87. The number of phenolic OH excluding ortho intramolecular Hbond substituents is 1. The number of carbonyl (C=O) groups excluding carboxylic acids is 3. The second kappa shape index (κ2) is 14.7. The zero-order valence-corrected chi connectivity index (χ0v) is 21.5. The number of nitrogens with one attached hydrogen (secondary N) is 3. The number of aliphatic carboxylic acids is 1. The molecule has 0 radical (unpaired) electrons. The predicted molar refractivity (Wildman–Crippen MR) is 140 cm³/mol. The van der Waals surface area contributed by atoms with Crippen molar-refractivity contribution in [3.8, 4) is 5.75 Å². The lowest BCUT2D eigenvalue weighted by Crippen LogP contribution is -2.58. The number of phenols is 1. The van der Waals surface area contributed by atoms with Crippen LogP contribution in [0.2, 0.25) is 0 Å². The highest BCUT2D eigenvalue weighted by Gasteiger charge is 2.30. The summed E-state index contributed by atoms with van der Waals surface area (Å²) < 4.78 is 0. The molecule has 0 aliphatic carbocycles. The fourth-order valence-electron chi connectivity index (χ4n) is 3.76. The summed E-state index contributed by atoms with van der Waals surface area (Å²) in [6.45, 7) is 3.00. The van der Waals surface area contributed by atoms with Crippen molar-refractivity contribution in [3.05, 3.63) is 65.7 Å². The van der Waals surface area contributed by atoms with E-state index >= 15 is 0 Å². The minimum atomic E-state index is -1.47. The Bertz CT molecular complexity index is 1080. The molecule has 0 heterocycles. The van der Waals surface area contributed by atoms with Crippen LogP contribution in [0.25, 0.3) is 0 Å². The smallest absolute Gasteiger partial charge is 0.326 e. The molecule has 0 bridgehead atoms. The molecule has 11 heteroatoms. The normalized spacial score (nSPS) is 14.1. The minimum absolute atomic E-state index is 0.00127. The van der Waals surface area contributed by atoms with E-state index in [1.807, 2.05) is 13.8 Å². The Labute approximate surface area is 221 Å². The Morgan fingerprint density at radius 3 is 1.82 bits per heavy atom. The van der Waals surface area contributed by atoms with E-state index in [-0.39, 0.29) is 24.5 Å². The van der Waals surface area contributed by atoms with Gasteiger partial charge in [-0.3, -0.25) is 14.4 Å². The number of carboxylic acid groups (broad SMARTS) is 1. The predicted octanol–water partition coefficient (Wildman–Crippen LogP) is 0.0821. The van der Waals surface area contributed by atoms with Gasteiger partial charge >= 0.3 is 5.97 Å². The van der Waals surface area contributed by atoms with Crippen molar-refractivity contribution in [2.24, 2.45) is 11.7 Å². The standard InChI is InChI=1S/C27H36N4O7/c1-16(2)12-20(28)24(34)29-21(13-18-8-10-19(33)11-9-18)25(35)31-23(15-32)26(36)30-22(27(37)38)14-17-6-4-3-5-7-17/h3-11,16,20-23,32-33H,12-15,28H2,1-2H3,(H,29,34)(H,30,36)(H,31,35)(H,37,38). The number of hydrogen-bond acceptors (Lipinski definition) is 7. The first-order valence-electron chi connectivity index (χ1n) is 12.3. The number of carbonyl (C=O) groups is 4. The highest BCUT2D eigenvalue weighted by molar-refractivity contribution is 5.94. The summed E-state index contributed by atoms with van der Waals surface area (Å²) in [7, 11) is 0. The van der Waals surface area contributed by atoms with E-state index in [9.17, 15) is 34.5 Å². The summed E-state index contributed by atoms with van der Waals surface area (Å²) in [5, 5.41) is 36.2. The number of aliphatic hydroxyl groups excluding tert-OH is 1. The molecule has 0 spiro atoms. The van der Waals surface area contributed by atoms with Crippen molar-refractivity contribution in [2.45, 2.75) is 57.3 Å². The summed E-state index contributed by atoms with van der Waals surface area (Å²) in [6, 6.07) is 9.91.